The quantitative estimate of drug-likeness (QED) is 0.0479. The van der Waals surface area contributed by atoms with Gasteiger partial charge in [-0.05, 0) is 25.7 Å². The fourth-order valence-corrected chi connectivity index (χ4v) is 7.96. The first-order valence-electron chi connectivity index (χ1n) is 24.4. The largest absolute Gasteiger partial charge is 0.478 e. The van der Waals surface area contributed by atoms with Crippen LogP contribution >= 0.6 is 0 Å². The number of carboxylic acids is 2. The molecule has 0 saturated heterocycles. The summed E-state index contributed by atoms with van der Waals surface area (Å²) in [5.74, 6) is -1.66. The second kappa shape index (κ2) is 47.6. The summed E-state index contributed by atoms with van der Waals surface area (Å²) in [6, 6.07) is 0. The molecule has 0 aromatic carbocycles. The Labute approximate surface area is 337 Å². The number of unbranched alkanes of at least 4 members (excludes halogenated alkanes) is 43. The molecule has 0 fully saturated rings. The summed E-state index contributed by atoms with van der Waals surface area (Å²) in [6.45, 7) is 0. The van der Waals surface area contributed by atoms with Crippen LogP contribution < -0.4 is 0 Å². The molecule has 0 aromatic rings. The predicted octanol–water partition coefficient (Wildman–Crippen LogP) is 17.4. The molecule has 0 bridgehead atoms. The number of allylic oxidation sites excluding steroid dienone is 2. The second-order valence-corrected chi connectivity index (χ2v) is 16.9. The van der Waals surface area contributed by atoms with Crippen molar-refractivity contribution in [2.45, 2.75) is 283 Å². The molecule has 0 aliphatic heterocycles. The molecule has 2 N–H and O–H groups in total. The van der Waals surface area contributed by atoms with Gasteiger partial charge < -0.3 is 10.2 Å². The molecule has 0 radical (unpaired) electrons. The topological polar surface area (TPSA) is 74.6 Å². The molecular weight excluding hydrogens is 665 g/mol. The first-order chi connectivity index (χ1) is 26.6. The molecule has 0 aliphatic carbocycles. The van der Waals surface area contributed by atoms with Crippen LogP contribution in [0.1, 0.15) is 283 Å². The van der Waals surface area contributed by atoms with Gasteiger partial charge in [-0.25, -0.2) is 9.59 Å². The van der Waals surface area contributed by atoms with Crippen LogP contribution in [0.4, 0.5) is 0 Å². The maximum absolute atomic E-state index is 10.4. The molecule has 0 amide bonds. The van der Waals surface area contributed by atoms with E-state index in [1.807, 2.05) is 0 Å². The Morgan fingerprint density at radius 3 is 0.444 bits per heavy atom. The summed E-state index contributed by atoms with van der Waals surface area (Å²) in [5.41, 5.74) is 0. The van der Waals surface area contributed by atoms with Crippen molar-refractivity contribution in [1.82, 2.24) is 0 Å². The van der Waals surface area contributed by atoms with Crippen molar-refractivity contribution in [3.8, 4) is 0 Å². The van der Waals surface area contributed by atoms with Crippen molar-refractivity contribution in [2.24, 2.45) is 0 Å². The fraction of sp³-hybridized carbons (Fsp3) is 0.880. The molecule has 4 heteroatoms. The number of carboxylic acid groups (broad SMARTS) is 2. The smallest absolute Gasteiger partial charge is 0.327 e. The summed E-state index contributed by atoms with van der Waals surface area (Å²) < 4.78 is 0. The Morgan fingerprint density at radius 2 is 0.333 bits per heavy atom. The highest BCUT2D eigenvalue weighted by Gasteiger charge is 1.99. The van der Waals surface area contributed by atoms with Crippen LogP contribution in [0.25, 0.3) is 0 Å². The molecule has 0 saturated carbocycles. The normalized spacial score (nSPS) is 11.8. The highest BCUT2D eigenvalue weighted by atomic mass is 16.4. The van der Waals surface area contributed by atoms with Gasteiger partial charge >= 0.3 is 11.9 Å². The summed E-state index contributed by atoms with van der Waals surface area (Å²) in [7, 11) is 0. The van der Waals surface area contributed by atoms with Crippen molar-refractivity contribution >= 4 is 11.9 Å². The number of hydrogen-bond acceptors (Lipinski definition) is 2. The Morgan fingerprint density at radius 1 is 0.222 bits per heavy atom. The molecule has 318 valence electrons. The van der Waals surface area contributed by atoms with Gasteiger partial charge in [-0.3, -0.25) is 0 Å². The molecule has 0 heterocycles. The minimum atomic E-state index is -0.831. The summed E-state index contributed by atoms with van der Waals surface area (Å²) >= 11 is 0. The van der Waals surface area contributed by atoms with Crippen LogP contribution in [0.3, 0.4) is 0 Å². The van der Waals surface area contributed by atoms with E-state index in [1.54, 1.807) is 12.2 Å². The van der Waals surface area contributed by atoms with E-state index in [2.05, 4.69) is 0 Å². The second-order valence-electron chi connectivity index (χ2n) is 16.9. The van der Waals surface area contributed by atoms with Crippen LogP contribution in [0.2, 0.25) is 0 Å². The molecule has 0 spiro atoms. The van der Waals surface area contributed by atoms with Gasteiger partial charge in [-0.1, -0.05) is 269 Å². The van der Waals surface area contributed by atoms with E-state index in [0.29, 0.717) is 0 Å². The van der Waals surface area contributed by atoms with Gasteiger partial charge in [-0.2, -0.15) is 0 Å². The Bertz CT molecular complexity index is 736. The van der Waals surface area contributed by atoms with Gasteiger partial charge in [0.15, 0.2) is 0 Å². The van der Waals surface area contributed by atoms with Gasteiger partial charge in [-0.15, -0.1) is 0 Å². The van der Waals surface area contributed by atoms with Crippen molar-refractivity contribution in [2.75, 3.05) is 0 Å². The van der Waals surface area contributed by atoms with Gasteiger partial charge in [0.05, 0.1) is 0 Å². The minimum Gasteiger partial charge on any atom is -0.478 e. The first-order valence-corrected chi connectivity index (χ1v) is 24.4. The van der Waals surface area contributed by atoms with Crippen LogP contribution in [-0.2, 0) is 9.59 Å². The van der Waals surface area contributed by atoms with E-state index in [0.717, 1.165) is 25.7 Å². The Balaban J connectivity index is 3.08. The van der Waals surface area contributed by atoms with E-state index in [4.69, 9.17) is 10.2 Å². The van der Waals surface area contributed by atoms with E-state index in [-0.39, 0.29) is 0 Å². The molecule has 0 unspecified atom stereocenters. The van der Waals surface area contributed by atoms with E-state index >= 15 is 0 Å². The molecule has 0 atom stereocenters. The molecule has 4 nitrogen and oxygen atoms in total. The minimum absolute atomic E-state index is 0.831. The molecule has 0 rings (SSSR count). The van der Waals surface area contributed by atoms with E-state index < -0.39 is 11.9 Å². The molecular formula is C50H94O4. The van der Waals surface area contributed by atoms with Crippen LogP contribution in [0, 0.1) is 0 Å². The van der Waals surface area contributed by atoms with Crippen molar-refractivity contribution in [3.63, 3.8) is 0 Å². The predicted molar refractivity (Wildman–Crippen MR) is 237 cm³/mol. The maximum Gasteiger partial charge on any atom is 0.327 e. The van der Waals surface area contributed by atoms with Crippen molar-refractivity contribution < 1.29 is 19.8 Å². The monoisotopic (exact) mass is 759 g/mol. The number of hydrogen-bond donors (Lipinski definition) is 2. The first kappa shape index (κ1) is 52.4. The molecule has 0 aromatic heterocycles. The SMILES string of the molecule is O=C(O)C=CCCCCCCCCCCCCCCCCCCCCCCCCCCCCCCCCCCCCCCCCCCCCC=CC(=O)O. The molecule has 0 aliphatic rings. The third-order valence-corrected chi connectivity index (χ3v) is 11.5. The third kappa shape index (κ3) is 50.4. The highest BCUT2D eigenvalue weighted by Crippen LogP contribution is 2.18. The Kier molecular flexibility index (Phi) is 46.2. The van der Waals surface area contributed by atoms with Gasteiger partial charge in [0.25, 0.3) is 0 Å². The van der Waals surface area contributed by atoms with Crippen LogP contribution in [0.15, 0.2) is 24.3 Å². The average Bonchev–Trinajstić information content (AvgIpc) is 3.15. The zero-order valence-electron chi connectivity index (χ0n) is 36.1. The lowest BCUT2D eigenvalue weighted by molar-refractivity contribution is -0.132. The fourth-order valence-electron chi connectivity index (χ4n) is 7.96. The third-order valence-electron chi connectivity index (χ3n) is 11.5. The van der Waals surface area contributed by atoms with Gasteiger partial charge in [0.1, 0.15) is 0 Å². The summed E-state index contributed by atoms with van der Waals surface area (Å²) in [5, 5.41) is 17.1. The number of carbonyl (C=O) groups is 2. The van der Waals surface area contributed by atoms with Gasteiger partial charge in [0.2, 0.25) is 0 Å². The summed E-state index contributed by atoms with van der Waals surface area (Å²) in [6.07, 6.45) is 67.0. The number of rotatable bonds is 47. The maximum atomic E-state index is 10.4. The van der Waals surface area contributed by atoms with E-state index in [1.165, 1.54) is 269 Å². The van der Waals surface area contributed by atoms with E-state index in [9.17, 15) is 9.59 Å². The number of aliphatic carboxylic acids is 2. The summed E-state index contributed by atoms with van der Waals surface area (Å²) in [4.78, 5) is 20.8. The Hall–Kier alpha value is -1.58. The zero-order valence-corrected chi connectivity index (χ0v) is 36.1. The van der Waals surface area contributed by atoms with Crippen LogP contribution in [0.5, 0.6) is 0 Å². The van der Waals surface area contributed by atoms with Crippen LogP contribution in [-0.4, -0.2) is 22.2 Å². The standard InChI is InChI=1S/C50H94O4/c51-49(52)47-45-43-41-39-37-35-33-31-29-27-25-23-21-19-17-15-13-11-9-7-5-3-1-2-4-6-8-10-12-14-16-18-20-22-24-26-28-30-32-34-36-38-40-42-44-46-48-50(53)54/h45-48H,1-44H2,(H,51,52)(H,53,54). The zero-order chi connectivity index (χ0) is 39.1. The van der Waals surface area contributed by atoms with Crippen molar-refractivity contribution in [3.05, 3.63) is 24.3 Å². The average molecular weight is 759 g/mol. The lowest BCUT2D eigenvalue weighted by Crippen LogP contribution is -1.86. The lowest BCUT2D eigenvalue weighted by Gasteiger charge is -2.05. The van der Waals surface area contributed by atoms with Gasteiger partial charge in [0, 0.05) is 12.2 Å². The van der Waals surface area contributed by atoms with Crippen molar-refractivity contribution in [1.29, 1.82) is 0 Å². The highest BCUT2D eigenvalue weighted by molar-refractivity contribution is 5.79. The molecule has 54 heavy (non-hydrogen) atoms. The lowest BCUT2D eigenvalue weighted by atomic mass is 10.0.